The number of aromatic nitrogens is 5. The van der Waals surface area contributed by atoms with Gasteiger partial charge in [-0.05, 0) is 51.8 Å². The minimum atomic E-state index is -3.64. The molecule has 3 heterocycles. The number of hydrogen-bond acceptors (Lipinski definition) is 8. The van der Waals surface area contributed by atoms with Crippen molar-refractivity contribution in [2.45, 2.75) is 50.5 Å². The van der Waals surface area contributed by atoms with Crippen LogP contribution in [0.1, 0.15) is 42.1 Å². The summed E-state index contributed by atoms with van der Waals surface area (Å²) < 4.78 is 35.8. The van der Waals surface area contributed by atoms with Gasteiger partial charge in [-0.15, -0.1) is 10.2 Å². The maximum atomic E-state index is 12.9. The van der Waals surface area contributed by atoms with Crippen LogP contribution in [0, 0.1) is 13.8 Å². The Labute approximate surface area is 177 Å². The highest BCUT2D eigenvalue weighted by Crippen LogP contribution is 2.36. The fraction of sp³-hybridized carbons (Fsp3) is 0.368. The maximum Gasteiger partial charge on any atom is 0.241 e. The van der Waals surface area contributed by atoms with E-state index in [2.05, 4.69) is 20.1 Å². The van der Waals surface area contributed by atoms with Gasteiger partial charge in [0.2, 0.25) is 15.2 Å². The molecule has 1 aliphatic rings. The molecule has 0 bridgehead atoms. The number of nitrogens with zero attached hydrogens (tertiary/aromatic N) is 5. The smallest absolute Gasteiger partial charge is 0.241 e. The fourth-order valence-corrected chi connectivity index (χ4v) is 5.52. The van der Waals surface area contributed by atoms with Crippen molar-refractivity contribution in [1.82, 2.24) is 29.6 Å². The summed E-state index contributed by atoms with van der Waals surface area (Å²) in [6, 6.07) is 6.80. The predicted octanol–water partition coefficient (Wildman–Crippen LogP) is 2.90. The second kappa shape index (κ2) is 6.69. The molecule has 0 radical (unpaired) electrons. The van der Waals surface area contributed by atoms with Gasteiger partial charge in [0.25, 0.3) is 0 Å². The Kier molecular flexibility index (Phi) is 4.31. The summed E-state index contributed by atoms with van der Waals surface area (Å²) in [5, 5.41) is 13.7. The SMILES string of the molecule is Cc1cc(Cc2nc3ccc(S(=O)(=O)NC4(C)CC4)cc3n2-c2nnc(C)s2)on1. The van der Waals surface area contributed by atoms with Crippen LogP contribution in [0.4, 0.5) is 0 Å². The van der Waals surface area contributed by atoms with Crippen molar-refractivity contribution in [3.8, 4) is 5.13 Å². The molecule has 0 amide bonds. The van der Waals surface area contributed by atoms with Crippen LogP contribution in [0.2, 0.25) is 0 Å². The Balaban J connectivity index is 1.65. The van der Waals surface area contributed by atoms with Crippen molar-refractivity contribution in [2.24, 2.45) is 0 Å². The topological polar surface area (TPSA) is 116 Å². The Bertz CT molecular complexity index is 1360. The lowest BCUT2D eigenvalue weighted by molar-refractivity contribution is 0.383. The number of benzene rings is 1. The zero-order valence-corrected chi connectivity index (χ0v) is 18.3. The Morgan fingerprint density at radius 3 is 2.67 bits per heavy atom. The molecule has 9 nitrogen and oxygen atoms in total. The van der Waals surface area contributed by atoms with E-state index in [9.17, 15) is 8.42 Å². The minimum Gasteiger partial charge on any atom is -0.361 e. The van der Waals surface area contributed by atoms with Gasteiger partial charge in [-0.25, -0.2) is 18.1 Å². The van der Waals surface area contributed by atoms with E-state index in [0.29, 0.717) is 34.2 Å². The van der Waals surface area contributed by atoms with Crippen molar-refractivity contribution in [1.29, 1.82) is 0 Å². The fourth-order valence-electron chi connectivity index (χ4n) is 3.31. The molecular weight excluding hydrogens is 424 g/mol. The van der Waals surface area contributed by atoms with E-state index in [-0.39, 0.29) is 10.4 Å². The molecule has 30 heavy (non-hydrogen) atoms. The lowest BCUT2D eigenvalue weighted by Gasteiger charge is -2.12. The molecule has 11 heteroatoms. The first kappa shape index (κ1) is 19.3. The minimum absolute atomic E-state index is 0.201. The summed E-state index contributed by atoms with van der Waals surface area (Å²) >= 11 is 1.41. The van der Waals surface area contributed by atoms with Crippen molar-refractivity contribution in [3.63, 3.8) is 0 Å². The zero-order valence-electron chi connectivity index (χ0n) is 16.7. The highest BCUT2D eigenvalue weighted by atomic mass is 32.2. The van der Waals surface area contributed by atoms with Gasteiger partial charge in [0, 0.05) is 11.6 Å². The van der Waals surface area contributed by atoms with Gasteiger partial charge >= 0.3 is 0 Å². The largest absolute Gasteiger partial charge is 0.361 e. The summed E-state index contributed by atoms with van der Waals surface area (Å²) in [5.74, 6) is 1.34. The van der Waals surface area contributed by atoms with Crippen LogP contribution in [0.3, 0.4) is 0 Å². The molecular formula is C19H20N6O3S2. The normalized spacial score (nSPS) is 15.7. The second-order valence-electron chi connectivity index (χ2n) is 7.90. The predicted molar refractivity (Wildman–Crippen MR) is 111 cm³/mol. The number of imidazole rings is 1. The molecule has 0 saturated heterocycles. The molecule has 0 aliphatic heterocycles. The third-order valence-electron chi connectivity index (χ3n) is 5.10. The standard InChI is InChI=1S/C19H20N6O3S2/c1-11-8-13(28-23-11)9-17-20-15-5-4-14(30(26,27)24-19(3)6-7-19)10-16(15)25(17)18-22-21-12(2)29-18/h4-5,8,10,24H,6-7,9H2,1-3H3. The summed E-state index contributed by atoms with van der Waals surface area (Å²) in [7, 11) is -3.64. The van der Waals surface area contributed by atoms with Crippen molar-refractivity contribution >= 4 is 32.4 Å². The van der Waals surface area contributed by atoms with Gasteiger partial charge < -0.3 is 4.52 Å². The van der Waals surface area contributed by atoms with Crippen LogP contribution in [-0.2, 0) is 16.4 Å². The zero-order chi connectivity index (χ0) is 21.1. The van der Waals surface area contributed by atoms with Crippen molar-refractivity contribution in [2.75, 3.05) is 0 Å². The van der Waals surface area contributed by atoms with Crippen LogP contribution in [-0.4, -0.2) is 38.9 Å². The summed E-state index contributed by atoms with van der Waals surface area (Å²) in [5.41, 5.74) is 1.76. The van der Waals surface area contributed by atoms with E-state index in [4.69, 9.17) is 9.51 Å². The summed E-state index contributed by atoms with van der Waals surface area (Å²) in [6.45, 7) is 5.64. The van der Waals surface area contributed by atoms with E-state index in [1.165, 1.54) is 11.3 Å². The third-order valence-corrected chi connectivity index (χ3v) is 7.56. The monoisotopic (exact) mass is 444 g/mol. The molecule has 1 aliphatic carbocycles. The molecule has 1 N–H and O–H groups in total. The highest BCUT2D eigenvalue weighted by Gasteiger charge is 2.41. The van der Waals surface area contributed by atoms with Gasteiger partial charge in [0.05, 0.1) is 28.0 Å². The number of hydrogen-bond donors (Lipinski definition) is 1. The number of sulfonamides is 1. The van der Waals surface area contributed by atoms with E-state index in [1.54, 1.807) is 18.2 Å². The molecule has 1 fully saturated rings. The Hall–Kier alpha value is -2.63. The van der Waals surface area contributed by atoms with Gasteiger partial charge in [-0.3, -0.25) is 4.57 Å². The molecule has 0 atom stereocenters. The average molecular weight is 445 g/mol. The van der Waals surface area contributed by atoms with E-state index < -0.39 is 10.0 Å². The third kappa shape index (κ3) is 3.53. The summed E-state index contributed by atoms with van der Waals surface area (Å²) in [6.07, 6.45) is 2.08. The van der Waals surface area contributed by atoms with E-state index in [1.807, 2.05) is 31.4 Å². The second-order valence-corrected chi connectivity index (χ2v) is 10.7. The van der Waals surface area contributed by atoms with Crippen LogP contribution in [0.5, 0.6) is 0 Å². The lowest BCUT2D eigenvalue weighted by atomic mass is 10.3. The van der Waals surface area contributed by atoms with Crippen LogP contribution in [0.25, 0.3) is 16.2 Å². The number of nitrogens with one attached hydrogen (secondary N) is 1. The van der Waals surface area contributed by atoms with Gasteiger partial charge in [-0.1, -0.05) is 16.5 Å². The van der Waals surface area contributed by atoms with Crippen LogP contribution >= 0.6 is 11.3 Å². The molecule has 1 aromatic carbocycles. The first-order valence-electron chi connectivity index (χ1n) is 9.50. The molecule has 0 spiro atoms. The Morgan fingerprint density at radius 2 is 2.03 bits per heavy atom. The molecule has 156 valence electrons. The van der Waals surface area contributed by atoms with Gasteiger partial charge in [-0.2, -0.15) is 0 Å². The van der Waals surface area contributed by atoms with Gasteiger partial charge in [0.15, 0.2) is 0 Å². The average Bonchev–Trinajstić information content (AvgIpc) is 3.03. The highest BCUT2D eigenvalue weighted by molar-refractivity contribution is 7.89. The van der Waals surface area contributed by atoms with Crippen molar-refractivity contribution < 1.29 is 12.9 Å². The van der Waals surface area contributed by atoms with E-state index in [0.717, 1.165) is 23.5 Å². The van der Waals surface area contributed by atoms with E-state index >= 15 is 0 Å². The molecule has 1 saturated carbocycles. The van der Waals surface area contributed by atoms with Crippen molar-refractivity contribution in [3.05, 3.63) is 46.6 Å². The quantitative estimate of drug-likeness (QED) is 0.486. The first-order valence-corrected chi connectivity index (χ1v) is 11.8. The number of fused-ring (bicyclic) bond motifs is 1. The summed E-state index contributed by atoms with van der Waals surface area (Å²) in [4.78, 5) is 4.91. The van der Waals surface area contributed by atoms with Gasteiger partial charge in [0.1, 0.15) is 16.6 Å². The van der Waals surface area contributed by atoms with Crippen LogP contribution < -0.4 is 4.72 Å². The molecule has 3 aromatic heterocycles. The molecule has 4 aromatic rings. The van der Waals surface area contributed by atoms with Crippen LogP contribution in [0.15, 0.2) is 33.7 Å². The number of rotatable bonds is 6. The Morgan fingerprint density at radius 1 is 1.23 bits per heavy atom. The molecule has 5 rings (SSSR count). The molecule has 0 unspecified atom stereocenters. The number of aryl methyl sites for hydroxylation is 2. The lowest BCUT2D eigenvalue weighted by Crippen LogP contribution is -2.34. The maximum absolute atomic E-state index is 12.9. The first-order chi connectivity index (χ1) is 14.2.